The maximum atomic E-state index is 12.4. The van der Waals surface area contributed by atoms with Crippen LogP contribution in [0.2, 0.25) is 0 Å². The van der Waals surface area contributed by atoms with Gasteiger partial charge in [0.15, 0.2) is 5.96 Å². The molecule has 138 valence electrons. The SMILES string of the molecule is CCNC(=NCc1ccc(C(F)(F)F)cc1)NCCC(F)(F)F.I. The first-order chi connectivity index (χ1) is 10.6. The fourth-order valence-electron chi connectivity index (χ4n) is 1.63. The Balaban J connectivity index is 0.00000529. The Bertz CT molecular complexity index is 511. The molecule has 0 saturated carbocycles. The second kappa shape index (κ2) is 9.94. The topological polar surface area (TPSA) is 36.4 Å². The second-order valence-electron chi connectivity index (χ2n) is 4.68. The van der Waals surface area contributed by atoms with E-state index in [1.54, 1.807) is 6.92 Å². The fraction of sp³-hybridized carbons (Fsp3) is 0.500. The van der Waals surface area contributed by atoms with E-state index >= 15 is 0 Å². The number of benzene rings is 1. The summed E-state index contributed by atoms with van der Waals surface area (Å²) < 4.78 is 73.5. The first kappa shape index (κ1) is 22.8. The van der Waals surface area contributed by atoms with Crippen molar-refractivity contribution in [3.63, 3.8) is 0 Å². The molecule has 0 heterocycles. The zero-order valence-corrected chi connectivity index (χ0v) is 15.1. The monoisotopic (exact) mass is 469 g/mol. The normalized spacial score (nSPS) is 12.5. The first-order valence-electron chi connectivity index (χ1n) is 6.87. The van der Waals surface area contributed by atoms with Gasteiger partial charge < -0.3 is 10.6 Å². The fourth-order valence-corrected chi connectivity index (χ4v) is 1.63. The lowest BCUT2D eigenvalue weighted by atomic mass is 10.1. The van der Waals surface area contributed by atoms with Crippen LogP contribution in [0, 0.1) is 0 Å². The van der Waals surface area contributed by atoms with Gasteiger partial charge in [0.05, 0.1) is 18.5 Å². The second-order valence-corrected chi connectivity index (χ2v) is 4.68. The predicted molar refractivity (Wildman–Crippen MR) is 90.3 cm³/mol. The standard InChI is InChI=1S/C14H17F6N3.HI/c1-2-21-12(22-8-7-13(15,16)17)23-9-10-3-5-11(6-4-10)14(18,19)20;/h3-6H,2,7-9H2,1H3,(H2,21,22,23);1H. The van der Waals surface area contributed by atoms with Gasteiger partial charge in [-0.2, -0.15) is 26.3 Å². The maximum absolute atomic E-state index is 12.4. The highest BCUT2D eigenvalue weighted by Gasteiger charge is 2.29. The third-order valence-electron chi connectivity index (χ3n) is 2.75. The number of guanidine groups is 1. The van der Waals surface area contributed by atoms with Crippen LogP contribution in [0.4, 0.5) is 26.3 Å². The number of nitrogens with zero attached hydrogens (tertiary/aromatic N) is 1. The molecule has 0 saturated heterocycles. The van der Waals surface area contributed by atoms with Gasteiger partial charge in [-0.05, 0) is 24.6 Å². The minimum atomic E-state index is -4.41. The lowest BCUT2D eigenvalue weighted by Crippen LogP contribution is -2.38. The molecule has 1 aromatic rings. The van der Waals surface area contributed by atoms with E-state index in [9.17, 15) is 26.3 Å². The van der Waals surface area contributed by atoms with Gasteiger partial charge in [-0.15, -0.1) is 24.0 Å². The number of nitrogens with one attached hydrogen (secondary N) is 2. The quantitative estimate of drug-likeness (QED) is 0.292. The molecule has 0 aliphatic rings. The van der Waals surface area contributed by atoms with Gasteiger partial charge in [-0.3, -0.25) is 0 Å². The molecular formula is C14H18F6IN3. The van der Waals surface area contributed by atoms with Crippen LogP contribution in [-0.2, 0) is 12.7 Å². The molecule has 10 heteroatoms. The van der Waals surface area contributed by atoms with Crippen LogP contribution in [0.25, 0.3) is 0 Å². The molecule has 0 aromatic heterocycles. The molecule has 0 spiro atoms. The molecule has 0 bridgehead atoms. The smallest absolute Gasteiger partial charge is 0.357 e. The van der Waals surface area contributed by atoms with Crippen LogP contribution in [0.3, 0.4) is 0 Å². The zero-order valence-electron chi connectivity index (χ0n) is 12.8. The number of rotatable bonds is 5. The first-order valence-corrected chi connectivity index (χ1v) is 6.87. The molecule has 0 atom stereocenters. The lowest BCUT2D eigenvalue weighted by Gasteiger charge is -2.12. The summed E-state index contributed by atoms with van der Waals surface area (Å²) >= 11 is 0. The van der Waals surface area contributed by atoms with Crippen LogP contribution in [0.5, 0.6) is 0 Å². The molecule has 2 N–H and O–H groups in total. The van der Waals surface area contributed by atoms with Crippen molar-refractivity contribution in [1.82, 2.24) is 10.6 Å². The summed E-state index contributed by atoms with van der Waals surface area (Å²) in [6, 6.07) is 4.45. The molecule has 1 aromatic carbocycles. The molecule has 0 amide bonds. The molecule has 1 rings (SSSR count). The summed E-state index contributed by atoms with van der Waals surface area (Å²) in [7, 11) is 0. The van der Waals surface area contributed by atoms with Crippen LogP contribution in [0.1, 0.15) is 24.5 Å². The third-order valence-corrected chi connectivity index (χ3v) is 2.75. The molecule has 0 fully saturated rings. The van der Waals surface area contributed by atoms with Gasteiger partial charge in [0.25, 0.3) is 0 Å². The summed E-state index contributed by atoms with van der Waals surface area (Å²) in [6.45, 7) is 1.92. The highest BCUT2D eigenvalue weighted by molar-refractivity contribution is 14.0. The highest BCUT2D eigenvalue weighted by Crippen LogP contribution is 2.29. The number of aliphatic imine (C=N–C) groups is 1. The van der Waals surface area contributed by atoms with Crippen LogP contribution in [0.15, 0.2) is 29.3 Å². The van der Waals surface area contributed by atoms with Gasteiger partial charge in [-0.25, -0.2) is 4.99 Å². The minimum absolute atomic E-state index is 0. The van der Waals surface area contributed by atoms with Crippen LogP contribution in [-0.4, -0.2) is 25.2 Å². The van der Waals surface area contributed by atoms with E-state index in [0.29, 0.717) is 12.1 Å². The average molecular weight is 469 g/mol. The van der Waals surface area contributed by atoms with E-state index in [4.69, 9.17) is 0 Å². The molecule has 24 heavy (non-hydrogen) atoms. The number of halogens is 7. The summed E-state index contributed by atoms with van der Waals surface area (Å²) in [5.41, 5.74) is -0.244. The van der Waals surface area contributed by atoms with Crippen molar-refractivity contribution in [3.05, 3.63) is 35.4 Å². The largest absolute Gasteiger partial charge is 0.416 e. The van der Waals surface area contributed by atoms with E-state index in [1.807, 2.05) is 0 Å². The highest BCUT2D eigenvalue weighted by atomic mass is 127. The third kappa shape index (κ3) is 9.18. The lowest BCUT2D eigenvalue weighted by molar-refractivity contribution is -0.137. The zero-order chi connectivity index (χ0) is 17.5. The predicted octanol–water partition coefficient (Wildman–Crippen LogP) is 4.33. The molecular weight excluding hydrogens is 451 g/mol. The van der Waals surface area contributed by atoms with Crippen molar-refractivity contribution in [2.75, 3.05) is 13.1 Å². The Morgan fingerprint density at radius 1 is 1.00 bits per heavy atom. The summed E-state index contributed by atoms with van der Waals surface area (Å²) in [4.78, 5) is 4.04. The Morgan fingerprint density at radius 2 is 1.58 bits per heavy atom. The van der Waals surface area contributed by atoms with Gasteiger partial charge >= 0.3 is 12.4 Å². The van der Waals surface area contributed by atoms with E-state index in [2.05, 4.69) is 15.6 Å². The van der Waals surface area contributed by atoms with Crippen molar-refractivity contribution in [3.8, 4) is 0 Å². The van der Waals surface area contributed by atoms with E-state index < -0.39 is 24.3 Å². The van der Waals surface area contributed by atoms with Crippen molar-refractivity contribution in [2.24, 2.45) is 4.99 Å². The van der Waals surface area contributed by atoms with Crippen molar-refractivity contribution < 1.29 is 26.3 Å². The Labute approximate surface area is 152 Å². The molecule has 0 aliphatic heterocycles. The van der Waals surface area contributed by atoms with Crippen molar-refractivity contribution in [2.45, 2.75) is 32.2 Å². The van der Waals surface area contributed by atoms with Crippen molar-refractivity contribution >= 4 is 29.9 Å². The molecule has 0 unspecified atom stereocenters. The number of hydrogen-bond acceptors (Lipinski definition) is 1. The van der Waals surface area contributed by atoms with Crippen LogP contribution < -0.4 is 10.6 Å². The Morgan fingerprint density at radius 3 is 2.04 bits per heavy atom. The maximum Gasteiger partial charge on any atom is 0.416 e. The van der Waals surface area contributed by atoms with Crippen LogP contribution >= 0.6 is 24.0 Å². The average Bonchev–Trinajstić information content (AvgIpc) is 2.43. The Hall–Kier alpha value is -1.20. The summed E-state index contributed by atoms with van der Waals surface area (Å²) in [6.07, 6.45) is -9.68. The van der Waals surface area contributed by atoms with Gasteiger partial charge in [0.2, 0.25) is 0 Å². The summed E-state index contributed by atoms with van der Waals surface area (Å²) in [5, 5.41) is 5.29. The number of hydrogen-bond donors (Lipinski definition) is 2. The van der Waals surface area contributed by atoms with E-state index in [-0.39, 0.29) is 43.0 Å². The van der Waals surface area contributed by atoms with E-state index in [0.717, 1.165) is 12.1 Å². The molecule has 0 aliphatic carbocycles. The van der Waals surface area contributed by atoms with Gasteiger partial charge in [0, 0.05) is 13.1 Å². The molecule has 3 nitrogen and oxygen atoms in total. The van der Waals surface area contributed by atoms with E-state index in [1.165, 1.54) is 12.1 Å². The molecule has 0 radical (unpaired) electrons. The van der Waals surface area contributed by atoms with Gasteiger partial charge in [-0.1, -0.05) is 12.1 Å². The minimum Gasteiger partial charge on any atom is -0.357 e. The summed E-state index contributed by atoms with van der Waals surface area (Å²) in [5.74, 6) is 0.177. The Kier molecular flexibility index (Phi) is 9.45. The van der Waals surface area contributed by atoms with Crippen molar-refractivity contribution in [1.29, 1.82) is 0 Å². The van der Waals surface area contributed by atoms with Gasteiger partial charge in [0.1, 0.15) is 0 Å². The number of alkyl halides is 6.